The third-order valence-electron chi connectivity index (χ3n) is 2.14. The van der Waals surface area contributed by atoms with E-state index in [1.54, 1.807) is 12.1 Å². The number of hydrogen-bond acceptors (Lipinski definition) is 3. The van der Waals surface area contributed by atoms with Gasteiger partial charge in [-0.2, -0.15) is 0 Å². The highest BCUT2D eigenvalue weighted by Crippen LogP contribution is 2.28. The summed E-state index contributed by atoms with van der Waals surface area (Å²) in [5.41, 5.74) is 0.722. The van der Waals surface area contributed by atoms with Gasteiger partial charge in [-0.1, -0.05) is 11.6 Å². The lowest BCUT2D eigenvalue weighted by Gasteiger charge is -2.13. The maximum absolute atomic E-state index is 11.7. The van der Waals surface area contributed by atoms with E-state index in [0.717, 1.165) is 6.21 Å². The van der Waals surface area contributed by atoms with Gasteiger partial charge >= 0.3 is 5.97 Å². The first-order valence-corrected chi connectivity index (χ1v) is 4.58. The fourth-order valence-corrected chi connectivity index (χ4v) is 1.56. The highest BCUT2D eigenvalue weighted by atomic mass is 35.5. The number of halogens is 1. The summed E-state index contributed by atoms with van der Waals surface area (Å²) in [5.74, 6) is -2.87. The predicted molar refractivity (Wildman–Crippen MR) is 55.1 cm³/mol. The van der Waals surface area contributed by atoms with E-state index >= 15 is 0 Å². The van der Waals surface area contributed by atoms with Crippen molar-refractivity contribution in [2.75, 3.05) is 0 Å². The van der Waals surface area contributed by atoms with Gasteiger partial charge in [0.2, 0.25) is 0 Å². The maximum Gasteiger partial charge on any atom is 0.319 e. The number of ketones is 1. The van der Waals surface area contributed by atoms with Crippen LogP contribution in [0.15, 0.2) is 23.2 Å². The molecule has 0 saturated carbocycles. The Morgan fingerprint density at radius 3 is 2.87 bits per heavy atom. The van der Waals surface area contributed by atoms with Crippen molar-refractivity contribution >= 4 is 35.3 Å². The number of carboxylic acids is 1. The molecule has 0 bridgehead atoms. The molecule has 1 aromatic carbocycles. The molecule has 1 unspecified atom stereocenters. The van der Waals surface area contributed by atoms with Crippen LogP contribution in [0.1, 0.15) is 10.4 Å². The third-order valence-corrected chi connectivity index (χ3v) is 2.37. The number of Topliss-reactive ketones (excluding diaryl/α,β-unsaturated/α-hetero) is 1. The number of aliphatic imine (C=N–C) groups is 1. The van der Waals surface area contributed by atoms with Crippen LogP contribution in [-0.2, 0) is 4.79 Å². The number of aliphatic carboxylic acids is 1. The molecular weight excluding hydrogens is 218 g/mol. The van der Waals surface area contributed by atoms with Crippen LogP contribution >= 0.6 is 11.6 Å². The molecule has 0 spiro atoms. The first-order chi connectivity index (χ1) is 7.09. The summed E-state index contributed by atoms with van der Waals surface area (Å²) in [4.78, 5) is 26.3. The van der Waals surface area contributed by atoms with Gasteiger partial charge in [0.05, 0.1) is 5.69 Å². The summed E-state index contributed by atoms with van der Waals surface area (Å²) < 4.78 is 0. The van der Waals surface area contributed by atoms with Crippen LogP contribution in [0.25, 0.3) is 0 Å². The van der Waals surface area contributed by atoms with Crippen molar-refractivity contribution in [3.8, 4) is 0 Å². The van der Waals surface area contributed by atoms with E-state index in [1.807, 2.05) is 0 Å². The third kappa shape index (κ3) is 1.64. The van der Waals surface area contributed by atoms with E-state index in [0.29, 0.717) is 10.7 Å². The van der Waals surface area contributed by atoms with Crippen molar-refractivity contribution in [3.05, 3.63) is 28.8 Å². The monoisotopic (exact) mass is 223 g/mol. The number of hydrogen-bond donors (Lipinski definition) is 1. The van der Waals surface area contributed by atoms with Crippen LogP contribution in [0.4, 0.5) is 5.69 Å². The quantitative estimate of drug-likeness (QED) is 0.740. The van der Waals surface area contributed by atoms with Crippen LogP contribution < -0.4 is 0 Å². The molecule has 0 fully saturated rings. The van der Waals surface area contributed by atoms with Gasteiger partial charge in [-0.15, -0.1) is 0 Å². The number of rotatable bonds is 1. The van der Waals surface area contributed by atoms with Gasteiger partial charge in [0.15, 0.2) is 11.7 Å². The van der Waals surface area contributed by atoms with Crippen molar-refractivity contribution in [1.82, 2.24) is 0 Å². The lowest BCUT2D eigenvalue weighted by molar-refractivity contribution is -0.137. The predicted octanol–water partition coefficient (Wildman–Crippen LogP) is 1.94. The Hall–Kier alpha value is -1.68. The van der Waals surface area contributed by atoms with E-state index in [2.05, 4.69) is 4.99 Å². The minimum Gasteiger partial charge on any atom is -0.480 e. The highest BCUT2D eigenvalue weighted by molar-refractivity contribution is 6.32. The molecular formula is C10H6ClNO3. The molecule has 2 rings (SSSR count). The van der Waals surface area contributed by atoms with E-state index in [-0.39, 0.29) is 5.56 Å². The molecule has 1 aromatic rings. The standard InChI is InChI=1S/C10H6ClNO3/c11-5-1-2-8-6(3-5)9(13)7(4-12-8)10(14)15/h1-4,7H,(H,14,15). The minimum absolute atomic E-state index is 0.261. The Morgan fingerprint density at radius 1 is 1.47 bits per heavy atom. The van der Waals surface area contributed by atoms with Crippen molar-refractivity contribution < 1.29 is 14.7 Å². The highest BCUT2D eigenvalue weighted by Gasteiger charge is 2.30. The minimum atomic E-state index is -1.20. The summed E-state index contributed by atoms with van der Waals surface area (Å²) in [6.07, 6.45) is 1.14. The zero-order chi connectivity index (χ0) is 11.0. The number of nitrogens with zero attached hydrogens (tertiary/aromatic N) is 1. The lowest BCUT2D eigenvalue weighted by Crippen LogP contribution is -2.27. The molecule has 0 aromatic heterocycles. The molecule has 0 aliphatic carbocycles. The molecule has 1 aliphatic rings. The summed E-state index contributed by atoms with van der Waals surface area (Å²) in [5, 5.41) is 9.15. The number of carboxylic acid groups (broad SMARTS) is 1. The first kappa shape index (κ1) is 9.86. The number of benzene rings is 1. The Bertz CT molecular complexity index is 482. The summed E-state index contributed by atoms with van der Waals surface area (Å²) in [6.45, 7) is 0. The summed E-state index contributed by atoms with van der Waals surface area (Å²) in [7, 11) is 0. The largest absolute Gasteiger partial charge is 0.480 e. The maximum atomic E-state index is 11.7. The second-order valence-corrected chi connectivity index (χ2v) is 3.56. The zero-order valence-corrected chi connectivity index (χ0v) is 8.23. The van der Waals surface area contributed by atoms with Gasteiger partial charge < -0.3 is 5.11 Å². The number of carbonyl (C=O) groups is 2. The molecule has 1 heterocycles. The number of fused-ring (bicyclic) bond motifs is 1. The van der Waals surface area contributed by atoms with Gasteiger partial charge in [-0.3, -0.25) is 14.6 Å². The van der Waals surface area contributed by atoms with Crippen LogP contribution in [0.2, 0.25) is 5.02 Å². The van der Waals surface area contributed by atoms with Gasteiger partial charge in [0.1, 0.15) is 0 Å². The van der Waals surface area contributed by atoms with Crippen molar-refractivity contribution in [2.45, 2.75) is 0 Å². The van der Waals surface area contributed by atoms with Gasteiger partial charge in [-0.05, 0) is 18.2 Å². The summed E-state index contributed by atoms with van der Waals surface area (Å²) >= 11 is 5.72. The fourth-order valence-electron chi connectivity index (χ4n) is 1.38. The molecule has 15 heavy (non-hydrogen) atoms. The molecule has 1 aliphatic heterocycles. The Labute approximate surface area is 90.2 Å². The SMILES string of the molecule is O=C(O)C1C=Nc2ccc(Cl)cc2C1=O. The molecule has 0 amide bonds. The van der Waals surface area contributed by atoms with E-state index < -0.39 is 17.7 Å². The fraction of sp³-hybridized carbons (Fsp3) is 0.100. The molecule has 0 saturated heterocycles. The van der Waals surface area contributed by atoms with Crippen molar-refractivity contribution in [1.29, 1.82) is 0 Å². The Morgan fingerprint density at radius 2 is 2.20 bits per heavy atom. The van der Waals surface area contributed by atoms with Gasteiger partial charge in [0, 0.05) is 16.8 Å². The smallest absolute Gasteiger partial charge is 0.319 e. The van der Waals surface area contributed by atoms with E-state index in [4.69, 9.17) is 16.7 Å². The number of carbonyl (C=O) groups excluding carboxylic acids is 1. The molecule has 1 atom stereocenters. The Kier molecular flexibility index (Phi) is 2.28. The molecule has 5 heteroatoms. The van der Waals surface area contributed by atoms with Gasteiger partial charge in [0.25, 0.3) is 0 Å². The van der Waals surface area contributed by atoms with Crippen LogP contribution in [-0.4, -0.2) is 23.1 Å². The zero-order valence-electron chi connectivity index (χ0n) is 7.48. The first-order valence-electron chi connectivity index (χ1n) is 4.20. The normalized spacial score (nSPS) is 18.7. The van der Waals surface area contributed by atoms with Crippen LogP contribution in [0, 0.1) is 5.92 Å². The molecule has 1 N–H and O–H groups in total. The average Bonchev–Trinajstić information content (AvgIpc) is 2.19. The van der Waals surface area contributed by atoms with Crippen molar-refractivity contribution in [2.24, 2.45) is 10.9 Å². The molecule has 76 valence electrons. The van der Waals surface area contributed by atoms with E-state index in [1.165, 1.54) is 6.07 Å². The lowest BCUT2D eigenvalue weighted by atomic mass is 9.95. The molecule has 4 nitrogen and oxygen atoms in total. The van der Waals surface area contributed by atoms with Gasteiger partial charge in [-0.25, -0.2) is 0 Å². The second kappa shape index (κ2) is 3.47. The van der Waals surface area contributed by atoms with E-state index in [9.17, 15) is 9.59 Å². The second-order valence-electron chi connectivity index (χ2n) is 3.12. The van der Waals surface area contributed by atoms with Crippen LogP contribution in [0.5, 0.6) is 0 Å². The van der Waals surface area contributed by atoms with Crippen LogP contribution in [0.3, 0.4) is 0 Å². The van der Waals surface area contributed by atoms with Crippen molar-refractivity contribution in [3.63, 3.8) is 0 Å². The average molecular weight is 224 g/mol. The topological polar surface area (TPSA) is 66.7 Å². The molecule has 0 radical (unpaired) electrons. The Balaban J connectivity index is 2.53. The summed E-state index contributed by atoms with van der Waals surface area (Å²) in [6, 6.07) is 4.63.